The number of amides is 1. The Morgan fingerprint density at radius 2 is 2.04 bits per heavy atom. The molecular weight excluding hydrogens is 346 g/mol. The van der Waals surface area contributed by atoms with E-state index in [4.69, 9.17) is 11.6 Å². The minimum atomic E-state index is -0.0493. The highest BCUT2D eigenvalue weighted by Crippen LogP contribution is 2.44. The number of nitrogens with zero attached hydrogens (tertiary/aromatic N) is 2. The fraction of sp³-hybridized carbons (Fsp3) is 0.188. The van der Waals surface area contributed by atoms with Crippen LogP contribution in [0, 0.1) is 6.92 Å². The minimum absolute atomic E-state index is 0.0397. The summed E-state index contributed by atoms with van der Waals surface area (Å²) in [5, 5.41) is 18.0. The number of anilines is 1. The summed E-state index contributed by atoms with van der Waals surface area (Å²) in [5.41, 5.74) is 4.86. The van der Waals surface area contributed by atoms with Crippen LogP contribution in [0.15, 0.2) is 30.5 Å². The molecule has 0 spiro atoms. The highest BCUT2D eigenvalue weighted by molar-refractivity contribution is 8.00. The third-order valence-electron chi connectivity index (χ3n) is 3.98. The van der Waals surface area contributed by atoms with Gasteiger partial charge in [0.1, 0.15) is 0 Å². The number of hydrogen-bond donors (Lipinski definition) is 3. The molecule has 1 aromatic carbocycles. The fourth-order valence-corrected chi connectivity index (χ4v) is 4.18. The molecule has 4 rings (SSSR count). The van der Waals surface area contributed by atoms with Gasteiger partial charge in [-0.15, -0.1) is 11.8 Å². The summed E-state index contributed by atoms with van der Waals surface area (Å²) in [7, 11) is 0. The number of halogens is 1. The molecule has 122 valence electrons. The number of benzene rings is 1. The first kappa shape index (κ1) is 15.3. The van der Waals surface area contributed by atoms with Crippen molar-refractivity contribution in [1.82, 2.24) is 20.4 Å². The number of aryl methyl sites for hydroxylation is 1. The quantitative estimate of drug-likeness (QED) is 0.653. The molecule has 0 bridgehead atoms. The molecule has 0 aliphatic carbocycles. The predicted molar refractivity (Wildman–Crippen MR) is 95.3 cm³/mol. The lowest BCUT2D eigenvalue weighted by atomic mass is 10.0. The average molecular weight is 360 g/mol. The molecular formula is C16H14ClN5OS. The summed E-state index contributed by atoms with van der Waals surface area (Å²) in [4.78, 5) is 11.9. The molecule has 6 nitrogen and oxygen atoms in total. The lowest BCUT2D eigenvalue weighted by Gasteiger charge is -2.15. The van der Waals surface area contributed by atoms with Crippen molar-refractivity contribution in [3.63, 3.8) is 0 Å². The molecule has 1 atom stereocenters. The Balaban J connectivity index is 1.82. The molecule has 1 amide bonds. The molecule has 0 fully saturated rings. The molecule has 24 heavy (non-hydrogen) atoms. The Hall–Kier alpha value is -2.25. The maximum absolute atomic E-state index is 11.9. The highest BCUT2D eigenvalue weighted by atomic mass is 35.5. The number of aromatic nitrogens is 4. The van der Waals surface area contributed by atoms with E-state index in [1.807, 2.05) is 37.4 Å². The summed E-state index contributed by atoms with van der Waals surface area (Å²) in [6.07, 6.45) is 1.81. The molecule has 2 aromatic heterocycles. The van der Waals surface area contributed by atoms with Gasteiger partial charge in [0.2, 0.25) is 5.91 Å². The zero-order chi connectivity index (χ0) is 16.7. The zero-order valence-electron chi connectivity index (χ0n) is 12.8. The normalized spacial score (nSPS) is 17.2. The van der Waals surface area contributed by atoms with E-state index in [2.05, 4.69) is 25.7 Å². The average Bonchev–Trinajstić information content (AvgIpc) is 3.14. The van der Waals surface area contributed by atoms with Gasteiger partial charge in [-0.05, 0) is 24.6 Å². The van der Waals surface area contributed by atoms with Gasteiger partial charge in [0, 0.05) is 21.8 Å². The lowest BCUT2D eigenvalue weighted by Crippen LogP contribution is -2.12. The van der Waals surface area contributed by atoms with Crippen molar-refractivity contribution in [3.8, 4) is 11.3 Å². The Morgan fingerprint density at radius 3 is 2.83 bits per heavy atom. The SMILES string of the molecule is Cc1[nH]nc2c1[C@H](c1cn[nH]c1-c1ccc(Cl)cc1)SCC(=O)N2. The van der Waals surface area contributed by atoms with Crippen molar-refractivity contribution in [2.24, 2.45) is 0 Å². The van der Waals surface area contributed by atoms with Crippen molar-refractivity contribution in [2.75, 3.05) is 11.1 Å². The van der Waals surface area contributed by atoms with Gasteiger partial charge >= 0.3 is 0 Å². The highest BCUT2D eigenvalue weighted by Gasteiger charge is 2.30. The van der Waals surface area contributed by atoms with Crippen molar-refractivity contribution >= 4 is 35.1 Å². The van der Waals surface area contributed by atoms with Crippen LogP contribution in [0.25, 0.3) is 11.3 Å². The van der Waals surface area contributed by atoms with Crippen LogP contribution in [0.4, 0.5) is 5.82 Å². The van der Waals surface area contributed by atoms with E-state index in [9.17, 15) is 4.79 Å². The van der Waals surface area contributed by atoms with Gasteiger partial charge in [-0.1, -0.05) is 23.7 Å². The first-order valence-electron chi connectivity index (χ1n) is 7.39. The van der Waals surface area contributed by atoms with Crippen LogP contribution in [-0.4, -0.2) is 32.1 Å². The van der Waals surface area contributed by atoms with E-state index >= 15 is 0 Å². The summed E-state index contributed by atoms with van der Waals surface area (Å²) in [6, 6.07) is 7.60. The summed E-state index contributed by atoms with van der Waals surface area (Å²) in [5.74, 6) is 0.911. The maximum atomic E-state index is 11.9. The number of aromatic amines is 2. The summed E-state index contributed by atoms with van der Waals surface area (Å²) >= 11 is 7.55. The molecule has 0 saturated heterocycles. The molecule has 8 heteroatoms. The van der Waals surface area contributed by atoms with Crippen LogP contribution in [0.3, 0.4) is 0 Å². The molecule has 3 heterocycles. The number of nitrogens with one attached hydrogen (secondary N) is 3. The number of fused-ring (bicyclic) bond motifs is 1. The van der Waals surface area contributed by atoms with E-state index in [0.29, 0.717) is 16.6 Å². The van der Waals surface area contributed by atoms with E-state index in [-0.39, 0.29) is 11.2 Å². The molecule has 1 aliphatic rings. The van der Waals surface area contributed by atoms with Crippen LogP contribution in [0.5, 0.6) is 0 Å². The van der Waals surface area contributed by atoms with Crippen molar-refractivity contribution in [2.45, 2.75) is 12.2 Å². The summed E-state index contributed by atoms with van der Waals surface area (Å²) < 4.78 is 0. The Labute approximate surface area is 147 Å². The van der Waals surface area contributed by atoms with Gasteiger partial charge in [0.15, 0.2) is 5.82 Å². The molecule has 1 aliphatic heterocycles. The lowest BCUT2D eigenvalue weighted by molar-refractivity contribution is -0.113. The van der Waals surface area contributed by atoms with Crippen LogP contribution < -0.4 is 5.32 Å². The number of carbonyl (C=O) groups is 1. The number of H-pyrrole nitrogens is 2. The van der Waals surface area contributed by atoms with Crippen LogP contribution >= 0.6 is 23.4 Å². The first-order chi connectivity index (χ1) is 11.6. The van der Waals surface area contributed by atoms with Crippen LogP contribution in [0.2, 0.25) is 5.02 Å². The Kier molecular flexibility index (Phi) is 3.82. The molecule has 0 radical (unpaired) electrons. The third kappa shape index (κ3) is 2.59. The van der Waals surface area contributed by atoms with Gasteiger partial charge in [-0.2, -0.15) is 10.2 Å². The van der Waals surface area contributed by atoms with Crippen molar-refractivity contribution in [3.05, 3.63) is 52.3 Å². The number of thioether (sulfide) groups is 1. The second kappa shape index (κ2) is 5.99. The van der Waals surface area contributed by atoms with E-state index in [0.717, 1.165) is 28.1 Å². The maximum Gasteiger partial charge on any atom is 0.235 e. The number of hydrogen-bond acceptors (Lipinski definition) is 4. The van der Waals surface area contributed by atoms with Gasteiger partial charge in [-0.25, -0.2) is 0 Å². The largest absolute Gasteiger partial charge is 0.308 e. The molecule has 3 aromatic rings. The molecule has 0 saturated carbocycles. The van der Waals surface area contributed by atoms with E-state index in [1.165, 1.54) is 0 Å². The van der Waals surface area contributed by atoms with Gasteiger partial charge in [0.05, 0.1) is 22.9 Å². The van der Waals surface area contributed by atoms with Gasteiger partial charge in [-0.3, -0.25) is 15.0 Å². The van der Waals surface area contributed by atoms with E-state index in [1.54, 1.807) is 11.8 Å². The van der Waals surface area contributed by atoms with Gasteiger partial charge in [0.25, 0.3) is 0 Å². The Bertz CT molecular complexity index is 902. The molecule has 3 N–H and O–H groups in total. The van der Waals surface area contributed by atoms with Crippen molar-refractivity contribution in [1.29, 1.82) is 0 Å². The van der Waals surface area contributed by atoms with Crippen molar-refractivity contribution < 1.29 is 4.79 Å². The van der Waals surface area contributed by atoms with E-state index < -0.39 is 0 Å². The van der Waals surface area contributed by atoms with Crippen LogP contribution in [-0.2, 0) is 4.79 Å². The number of rotatable bonds is 2. The summed E-state index contributed by atoms with van der Waals surface area (Å²) in [6.45, 7) is 1.96. The number of carbonyl (C=O) groups excluding carboxylic acids is 1. The zero-order valence-corrected chi connectivity index (χ0v) is 14.3. The third-order valence-corrected chi connectivity index (χ3v) is 5.48. The monoisotopic (exact) mass is 359 g/mol. The second-order valence-electron chi connectivity index (χ2n) is 5.56. The van der Waals surface area contributed by atoms with Crippen LogP contribution in [0.1, 0.15) is 22.1 Å². The smallest absolute Gasteiger partial charge is 0.235 e. The predicted octanol–water partition coefficient (Wildman–Crippen LogP) is 3.54. The minimum Gasteiger partial charge on any atom is -0.308 e. The topological polar surface area (TPSA) is 86.5 Å². The standard InChI is InChI=1S/C16H14ClN5OS/c1-8-13-15(24-7-12(23)19-16(13)22-20-8)11-6-18-21-14(11)9-2-4-10(17)5-3-9/h2-6,15H,7H2,1H3,(H,18,21)(H2,19,20,22,23)/t15-/m0/s1. The molecule has 0 unspecified atom stereocenters. The second-order valence-corrected chi connectivity index (χ2v) is 7.09. The van der Waals surface area contributed by atoms with Gasteiger partial charge < -0.3 is 5.32 Å². The fourth-order valence-electron chi connectivity index (χ4n) is 2.85. The first-order valence-corrected chi connectivity index (χ1v) is 8.81. The Morgan fingerprint density at radius 1 is 1.25 bits per heavy atom.